The molecule has 0 fully saturated rings. The summed E-state index contributed by atoms with van der Waals surface area (Å²) in [6, 6.07) is 11.8. The molecule has 0 aliphatic rings. The summed E-state index contributed by atoms with van der Waals surface area (Å²) in [7, 11) is 1.45. The minimum Gasteiger partial charge on any atom is -0.497 e. The molecule has 0 bridgehead atoms. The van der Waals surface area contributed by atoms with Crippen LogP contribution >= 0.6 is 0 Å². The summed E-state index contributed by atoms with van der Waals surface area (Å²) in [5, 5.41) is 2.71. The molecule has 3 aromatic rings. The number of methoxy groups -OCH3 is 1. The Bertz CT molecular complexity index is 830. The number of aromatic nitrogens is 2. The Hall–Kier alpha value is -3.15. The van der Waals surface area contributed by atoms with Crippen molar-refractivity contribution in [2.45, 2.75) is 6.54 Å². The number of carbonyl (C=O) groups excluding carboxylic acids is 1. The van der Waals surface area contributed by atoms with E-state index in [0.29, 0.717) is 12.3 Å². The number of halogens is 1. The lowest BCUT2D eigenvalue weighted by molar-refractivity contribution is 0.0947. The molecule has 6 heteroatoms. The first-order valence-corrected chi connectivity index (χ1v) is 7.36. The number of benzene rings is 2. The lowest BCUT2D eigenvalue weighted by Crippen LogP contribution is -2.23. The molecule has 0 saturated carbocycles. The fourth-order valence-corrected chi connectivity index (χ4v) is 2.28. The second-order valence-electron chi connectivity index (χ2n) is 5.16. The molecule has 1 aromatic heterocycles. The van der Waals surface area contributed by atoms with Gasteiger partial charge in [0.15, 0.2) is 0 Å². The van der Waals surface area contributed by atoms with Crippen LogP contribution in [0.1, 0.15) is 15.9 Å². The van der Waals surface area contributed by atoms with E-state index in [4.69, 9.17) is 4.74 Å². The highest BCUT2D eigenvalue weighted by molar-refractivity contribution is 5.94. The summed E-state index contributed by atoms with van der Waals surface area (Å²) in [6.07, 6.45) is 5.27. The zero-order chi connectivity index (χ0) is 16.9. The lowest BCUT2D eigenvalue weighted by atomic mass is 10.1. The van der Waals surface area contributed by atoms with E-state index in [9.17, 15) is 9.18 Å². The van der Waals surface area contributed by atoms with Gasteiger partial charge in [-0.25, -0.2) is 9.37 Å². The van der Waals surface area contributed by atoms with Gasteiger partial charge in [-0.05, 0) is 29.8 Å². The molecule has 0 atom stereocenters. The van der Waals surface area contributed by atoms with Gasteiger partial charge in [-0.3, -0.25) is 4.79 Å². The first kappa shape index (κ1) is 15.7. The van der Waals surface area contributed by atoms with E-state index in [1.54, 1.807) is 18.6 Å². The molecule has 1 N–H and O–H groups in total. The van der Waals surface area contributed by atoms with E-state index in [0.717, 1.165) is 11.3 Å². The fraction of sp³-hybridized carbons (Fsp3) is 0.111. The van der Waals surface area contributed by atoms with Crippen LogP contribution in [0.4, 0.5) is 4.39 Å². The fourth-order valence-electron chi connectivity index (χ4n) is 2.28. The van der Waals surface area contributed by atoms with Crippen molar-refractivity contribution < 1.29 is 13.9 Å². The zero-order valence-electron chi connectivity index (χ0n) is 13.1. The Balaban J connectivity index is 1.64. The summed E-state index contributed by atoms with van der Waals surface area (Å²) in [5.41, 5.74) is 1.88. The molecule has 0 saturated heterocycles. The lowest BCUT2D eigenvalue weighted by Gasteiger charge is -2.08. The van der Waals surface area contributed by atoms with Crippen molar-refractivity contribution in [1.82, 2.24) is 14.9 Å². The van der Waals surface area contributed by atoms with E-state index in [2.05, 4.69) is 10.3 Å². The van der Waals surface area contributed by atoms with E-state index < -0.39 is 11.7 Å². The average Bonchev–Trinajstić information content (AvgIpc) is 3.14. The Kier molecular flexibility index (Phi) is 4.56. The van der Waals surface area contributed by atoms with Crippen molar-refractivity contribution in [2.24, 2.45) is 0 Å². The Morgan fingerprint density at radius 3 is 2.67 bits per heavy atom. The predicted octanol–water partition coefficient (Wildman–Crippen LogP) is 2.95. The highest BCUT2D eigenvalue weighted by Gasteiger charge is 2.12. The Morgan fingerprint density at radius 2 is 2.04 bits per heavy atom. The molecule has 5 nitrogen and oxygen atoms in total. The number of imidazole rings is 1. The largest absolute Gasteiger partial charge is 0.497 e. The van der Waals surface area contributed by atoms with E-state index >= 15 is 0 Å². The molecule has 2 aromatic carbocycles. The Morgan fingerprint density at radius 1 is 1.25 bits per heavy atom. The molecular weight excluding hydrogens is 309 g/mol. The van der Waals surface area contributed by atoms with Crippen LogP contribution in [0.2, 0.25) is 0 Å². The first-order chi connectivity index (χ1) is 11.7. The molecule has 3 rings (SSSR count). The number of nitrogens with one attached hydrogen (secondary N) is 1. The summed E-state index contributed by atoms with van der Waals surface area (Å²) in [4.78, 5) is 16.1. The Labute approximate surface area is 138 Å². The average molecular weight is 325 g/mol. The smallest absolute Gasteiger partial charge is 0.254 e. The number of rotatable bonds is 5. The van der Waals surface area contributed by atoms with Gasteiger partial charge in [-0.15, -0.1) is 0 Å². The highest BCUT2D eigenvalue weighted by atomic mass is 19.1. The van der Waals surface area contributed by atoms with Crippen LogP contribution in [0, 0.1) is 5.82 Å². The van der Waals surface area contributed by atoms with Gasteiger partial charge < -0.3 is 14.6 Å². The number of hydrogen-bond acceptors (Lipinski definition) is 3. The van der Waals surface area contributed by atoms with Crippen molar-refractivity contribution in [3.63, 3.8) is 0 Å². The summed E-state index contributed by atoms with van der Waals surface area (Å²) < 4.78 is 20.7. The number of amides is 1. The van der Waals surface area contributed by atoms with E-state index in [1.807, 2.05) is 35.0 Å². The monoisotopic (exact) mass is 325 g/mol. The third-order valence-electron chi connectivity index (χ3n) is 3.61. The predicted molar refractivity (Wildman–Crippen MR) is 87.7 cm³/mol. The highest BCUT2D eigenvalue weighted by Crippen LogP contribution is 2.16. The molecule has 0 radical (unpaired) electrons. The van der Waals surface area contributed by atoms with Gasteiger partial charge in [0.2, 0.25) is 0 Å². The van der Waals surface area contributed by atoms with Crippen LogP contribution in [0.3, 0.4) is 0 Å². The minimum atomic E-state index is -0.609. The van der Waals surface area contributed by atoms with Gasteiger partial charge in [0.25, 0.3) is 5.91 Å². The maximum Gasteiger partial charge on any atom is 0.254 e. The van der Waals surface area contributed by atoms with Gasteiger partial charge in [0.05, 0.1) is 19.0 Å². The van der Waals surface area contributed by atoms with Gasteiger partial charge in [0.1, 0.15) is 11.6 Å². The van der Waals surface area contributed by atoms with Gasteiger partial charge in [-0.1, -0.05) is 12.1 Å². The molecule has 0 unspecified atom stereocenters. The molecule has 1 heterocycles. The van der Waals surface area contributed by atoms with Crippen LogP contribution in [-0.4, -0.2) is 22.6 Å². The maximum atomic E-state index is 13.9. The summed E-state index contributed by atoms with van der Waals surface area (Å²) in [5.74, 6) is -0.699. The third-order valence-corrected chi connectivity index (χ3v) is 3.61. The van der Waals surface area contributed by atoms with Crippen molar-refractivity contribution in [2.75, 3.05) is 7.11 Å². The van der Waals surface area contributed by atoms with Crippen molar-refractivity contribution >= 4 is 5.91 Å². The quantitative estimate of drug-likeness (QED) is 0.785. The SMILES string of the molecule is COc1ccc(C(=O)NCc2ccc(-n3ccnc3)cc2)c(F)c1. The molecule has 24 heavy (non-hydrogen) atoms. The number of carbonyl (C=O) groups is 1. The molecule has 0 aliphatic heterocycles. The number of ether oxygens (including phenoxy) is 1. The second-order valence-corrected chi connectivity index (χ2v) is 5.16. The van der Waals surface area contributed by atoms with Crippen LogP contribution in [0.5, 0.6) is 5.75 Å². The number of hydrogen-bond donors (Lipinski definition) is 1. The zero-order valence-corrected chi connectivity index (χ0v) is 13.1. The van der Waals surface area contributed by atoms with Crippen molar-refractivity contribution in [3.8, 4) is 11.4 Å². The van der Waals surface area contributed by atoms with E-state index in [1.165, 1.54) is 19.2 Å². The molecule has 0 aliphatic carbocycles. The topological polar surface area (TPSA) is 56.1 Å². The molecule has 1 amide bonds. The van der Waals surface area contributed by atoms with Crippen LogP contribution in [0.15, 0.2) is 61.2 Å². The number of nitrogens with zero attached hydrogens (tertiary/aromatic N) is 2. The standard InChI is InChI=1S/C18H16FN3O2/c1-24-15-6-7-16(17(19)10-15)18(23)21-11-13-2-4-14(5-3-13)22-9-8-20-12-22/h2-10,12H,11H2,1H3,(H,21,23). The normalized spacial score (nSPS) is 10.4. The van der Waals surface area contributed by atoms with Crippen LogP contribution < -0.4 is 10.1 Å². The second kappa shape index (κ2) is 6.95. The molecular formula is C18H16FN3O2. The first-order valence-electron chi connectivity index (χ1n) is 7.36. The van der Waals surface area contributed by atoms with Crippen LogP contribution in [0.25, 0.3) is 5.69 Å². The van der Waals surface area contributed by atoms with Crippen molar-refractivity contribution in [3.05, 3.63) is 78.1 Å². The summed E-state index contributed by atoms with van der Waals surface area (Å²) >= 11 is 0. The minimum absolute atomic E-state index is 0.00849. The summed E-state index contributed by atoms with van der Waals surface area (Å²) in [6.45, 7) is 0.314. The molecule has 122 valence electrons. The van der Waals surface area contributed by atoms with Gasteiger partial charge in [0, 0.05) is 30.7 Å². The van der Waals surface area contributed by atoms with E-state index in [-0.39, 0.29) is 5.56 Å². The van der Waals surface area contributed by atoms with Crippen molar-refractivity contribution in [1.29, 1.82) is 0 Å². The molecule has 0 spiro atoms. The van der Waals surface area contributed by atoms with Crippen LogP contribution in [-0.2, 0) is 6.54 Å². The van der Waals surface area contributed by atoms with Gasteiger partial charge in [-0.2, -0.15) is 0 Å². The maximum absolute atomic E-state index is 13.9. The van der Waals surface area contributed by atoms with Gasteiger partial charge >= 0.3 is 0 Å². The third kappa shape index (κ3) is 3.43.